The smallest absolute Gasteiger partial charge is 0.338 e. The fourth-order valence-corrected chi connectivity index (χ4v) is 5.06. The maximum Gasteiger partial charge on any atom is 0.338 e. The van der Waals surface area contributed by atoms with Gasteiger partial charge >= 0.3 is 5.97 Å². The maximum atomic E-state index is 14.0. The van der Waals surface area contributed by atoms with Crippen LogP contribution < -0.4 is 9.62 Å². The average Bonchev–Trinajstić information content (AvgIpc) is 2.84. The van der Waals surface area contributed by atoms with Gasteiger partial charge in [-0.2, -0.15) is 0 Å². The fraction of sp³-hybridized carbons (Fsp3) is 0.200. The zero-order valence-electron chi connectivity index (χ0n) is 19.4. The van der Waals surface area contributed by atoms with Gasteiger partial charge in [0.2, 0.25) is 5.91 Å². The van der Waals surface area contributed by atoms with Crippen molar-refractivity contribution in [1.82, 2.24) is 0 Å². The zero-order valence-corrected chi connectivity index (χ0v) is 21.1. The molecule has 0 unspecified atom stereocenters. The van der Waals surface area contributed by atoms with Crippen LogP contribution in [0.1, 0.15) is 22.8 Å². The third-order valence-electron chi connectivity index (χ3n) is 5.05. The Bertz CT molecular complexity index is 1330. The van der Waals surface area contributed by atoms with Crippen LogP contribution in [0.4, 0.5) is 15.8 Å². The Morgan fingerprint density at radius 3 is 2.40 bits per heavy atom. The molecule has 3 rings (SSSR count). The van der Waals surface area contributed by atoms with Crippen molar-refractivity contribution >= 4 is 45.0 Å². The van der Waals surface area contributed by atoms with Crippen molar-refractivity contribution in [3.63, 3.8) is 0 Å². The van der Waals surface area contributed by atoms with Gasteiger partial charge in [0.05, 0.1) is 22.8 Å². The first kappa shape index (κ1) is 26.2. The number of esters is 1. The lowest BCUT2D eigenvalue weighted by Gasteiger charge is -2.24. The van der Waals surface area contributed by atoms with E-state index in [2.05, 4.69) is 5.32 Å². The molecule has 0 saturated heterocycles. The number of hydrogen-bond acceptors (Lipinski definition) is 6. The highest BCUT2D eigenvalue weighted by molar-refractivity contribution is 7.98. The number of halogens is 1. The number of sulfonamides is 1. The van der Waals surface area contributed by atoms with Crippen LogP contribution in [0.3, 0.4) is 0 Å². The molecule has 7 nitrogen and oxygen atoms in total. The second-order valence-corrected chi connectivity index (χ2v) is 10.2. The first-order valence-corrected chi connectivity index (χ1v) is 13.3. The second-order valence-electron chi connectivity index (χ2n) is 7.47. The number of ether oxygens (including phenoxy) is 1. The molecule has 0 aliphatic rings. The van der Waals surface area contributed by atoms with Gasteiger partial charge in [0, 0.05) is 10.6 Å². The van der Waals surface area contributed by atoms with Crippen molar-refractivity contribution in [1.29, 1.82) is 0 Å². The molecule has 3 aromatic carbocycles. The van der Waals surface area contributed by atoms with E-state index in [9.17, 15) is 22.4 Å². The molecule has 1 amide bonds. The first-order valence-electron chi connectivity index (χ1n) is 10.7. The van der Waals surface area contributed by atoms with E-state index in [1.165, 1.54) is 48.2 Å². The Labute approximate surface area is 208 Å². The normalized spacial score (nSPS) is 11.1. The molecule has 3 aromatic rings. The van der Waals surface area contributed by atoms with Crippen molar-refractivity contribution in [2.75, 3.05) is 29.0 Å². The lowest BCUT2D eigenvalue weighted by Crippen LogP contribution is -2.38. The molecule has 10 heteroatoms. The van der Waals surface area contributed by atoms with Crippen LogP contribution in [0.2, 0.25) is 0 Å². The van der Waals surface area contributed by atoms with Gasteiger partial charge in [-0.15, -0.1) is 11.8 Å². The molecule has 0 heterocycles. The number of aryl methyl sites for hydroxylation is 1. The summed E-state index contributed by atoms with van der Waals surface area (Å²) < 4.78 is 46.8. The van der Waals surface area contributed by atoms with Crippen molar-refractivity contribution in [3.8, 4) is 0 Å². The van der Waals surface area contributed by atoms with Gasteiger partial charge in [-0.05, 0) is 80.3 Å². The zero-order chi connectivity index (χ0) is 25.6. The minimum absolute atomic E-state index is 0.00564. The standard InChI is InChI=1S/C25H25FN2O5S2/c1-4-33-25(30)18-9-8-17(2)23(14-18)27-24(29)16-28(20-7-5-6-19(26)15-20)35(31,32)22-12-10-21(34-3)11-13-22/h5-15H,4,16H2,1-3H3,(H,27,29). The third kappa shape index (κ3) is 6.40. The molecule has 35 heavy (non-hydrogen) atoms. The maximum absolute atomic E-state index is 14.0. The van der Waals surface area contributed by atoms with Crippen molar-refractivity contribution in [3.05, 3.63) is 83.7 Å². The summed E-state index contributed by atoms with van der Waals surface area (Å²) in [6, 6.07) is 15.9. The van der Waals surface area contributed by atoms with Crippen molar-refractivity contribution in [2.45, 2.75) is 23.6 Å². The number of benzene rings is 3. The highest BCUT2D eigenvalue weighted by Gasteiger charge is 2.28. The minimum atomic E-state index is -4.20. The molecule has 0 aromatic heterocycles. The van der Waals surface area contributed by atoms with Crippen LogP contribution in [0, 0.1) is 12.7 Å². The van der Waals surface area contributed by atoms with Gasteiger partial charge in [0.25, 0.3) is 10.0 Å². The van der Waals surface area contributed by atoms with Crippen LogP contribution in [0.15, 0.2) is 76.5 Å². The predicted molar refractivity (Wildman–Crippen MR) is 135 cm³/mol. The summed E-state index contributed by atoms with van der Waals surface area (Å²) >= 11 is 1.46. The van der Waals surface area contributed by atoms with Gasteiger partial charge in [0.1, 0.15) is 12.4 Å². The first-order chi connectivity index (χ1) is 16.6. The Morgan fingerprint density at radius 1 is 1.06 bits per heavy atom. The lowest BCUT2D eigenvalue weighted by molar-refractivity contribution is -0.114. The van der Waals surface area contributed by atoms with Crippen LogP contribution >= 0.6 is 11.8 Å². The Hall–Kier alpha value is -3.37. The SMILES string of the molecule is CCOC(=O)c1ccc(C)c(NC(=O)CN(c2cccc(F)c2)S(=O)(=O)c2ccc(SC)cc2)c1. The summed E-state index contributed by atoms with van der Waals surface area (Å²) in [7, 11) is -4.20. The van der Waals surface area contributed by atoms with Gasteiger partial charge < -0.3 is 10.1 Å². The molecule has 0 spiro atoms. The number of carbonyl (C=O) groups is 2. The topological polar surface area (TPSA) is 92.8 Å². The van der Waals surface area contributed by atoms with E-state index in [4.69, 9.17) is 4.74 Å². The van der Waals surface area contributed by atoms with E-state index in [0.717, 1.165) is 15.3 Å². The van der Waals surface area contributed by atoms with E-state index in [1.807, 2.05) is 6.26 Å². The molecule has 184 valence electrons. The Morgan fingerprint density at radius 2 is 1.77 bits per heavy atom. The van der Waals surface area contributed by atoms with Crippen LogP contribution in [-0.2, 0) is 19.6 Å². The largest absolute Gasteiger partial charge is 0.462 e. The number of rotatable bonds is 9. The van der Waals surface area contributed by atoms with Crippen LogP contribution in [0.5, 0.6) is 0 Å². The molecule has 0 aliphatic heterocycles. The molecule has 0 saturated carbocycles. The number of carbonyl (C=O) groups excluding carboxylic acids is 2. The molecule has 0 atom stereocenters. The number of hydrogen-bond donors (Lipinski definition) is 1. The predicted octanol–water partition coefficient (Wildman–Crippen LogP) is 4.87. The summed E-state index contributed by atoms with van der Waals surface area (Å²) in [5, 5.41) is 2.65. The lowest BCUT2D eigenvalue weighted by atomic mass is 10.1. The van der Waals surface area contributed by atoms with E-state index in [1.54, 1.807) is 38.1 Å². The molecule has 0 bridgehead atoms. The van der Waals surface area contributed by atoms with Gasteiger partial charge in [0.15, 0.2) is 0 Å². The average molecular weight is 517 g/mol. The van der Waals surface area contributed by atoms with E-state index >= 15 is 0 Å². The van der Waals surface area contributed by atoms with Crippen molar-refractivity contribution < 1.29 is 27.1 Å². The second kappa shape index (κ2) is 11.4. The van der Waals surface area contributed by atoms with Gasteiger partial charge in [-0.3, -0.25) is 9.10 Å². The summed E-state index contributed by atoms with van der Waals surface area (Å²) in [6.45, 7) is 3.01. The fourth-order valence-electron chi connectivity index (χ4n) is 3.24. The summed E-state index contributed by atoms with van der Waals surface area (Å²) in [6.07, 6.45) is 1.87. The van der Waals surface area contributed by atoms with E-state index in [-0.39, 0.29) is 22.8 Å². The molecule has 0 fully saturated rings. The quantitative estimate of drug-likeness (QED) is 0.322. The van der Waals surface area contributed by atoms with Gasteiger partial charge in [-0.25, -0.2) is 17.6 Å². The number of amides is 1. The van der Waals surface area contributed by atoms with Crippen LogP contribution in [-0.4, -0.2) is 39.7 Å². The molecule has 1 N–H and O–H groups in total. The van der Waals surface area contributed by atoms with E-state index < -0.39 is 34.3 Å². The van der Waals surface area contributed by atoms with Gasteiger partial charge in [-0.1, -0.05) is 12.1 Å². The Kier molecular flexibility index (Phi) is 8.52. The summed E-state index contributed by atoms with van der Waals surface area (Å²) in [5.74, 6) is -1.85. The molecule has 0 aliphatic carbocycles. The number of anilines is 2. The molecule has 0 radical (unpaired) electrons. The number of thioether (sulfide) groups is 1. The van der Waals surface area contributed by atoms with Crippen molar-refractivity contribution in [2.24, 2.45) is 0 Å². The monoisotopic (exact) mass is 516 g/mol. The molecular weight excluding hydrogens is 491 g/mol. The third-order valence-corrected chi connectivity index (χ3v) is 7.59. The van der Waals surface area contributed by atoms with E-state index in [0.29, 0.717) is 11.3 Å². The molecular formula is C25H25FN2O5S2. The highest BCUT2D eigenvalue weighted by Crippen LogP contribution is 2.26. The highest BCUT2D eigenvalue weighted by atomic mass is 32.2. The number of nitrogens with one attached hydrogen (secondary N) is 1. The van der Waals surface area contributed by atoms with Crippen LogP contribution in [0.25, 0.3) is 0 Å². The number of nitrogens with zero attached hydrogens (tertiary/aromatic N) is 1. The minimum Gasteiger partial charge on any atom is -0.462 e. The summed E-state index contributed by atoms with van der Waals surface area (Å²) in [5.41, 5.74) is 1.25. The Balaban J connectivity index is 1.93. The summed E-state index contributed by atoms with van der Waals surface area (Å²) in [4.78, 5) is 25.9.